The van der Waals surface area contributed by atoms with E-state index in [2.05, 4.69) is 15.4 Å². The van der Waals surface area contributed by atoms with Crippen molar-refractivity contribution >= 4 is 38.9 Å². The van der Waals surface area contributed by atoms with Crippen LogP contribution in [0.3, 0.4) is 0 Å². The number of hydrogen-bond donors (Lipinski definition) is 3. The summed E-state index contributed by atoms with van der Waals surface area (Å²) < 4.78 is 27.6. The first-order valence-electron chi connectivity index (χ1n) is 10.8. The van der Waals surface area contributed by atoms with Gasteiger partial charge in [-0.3, -0.25) is 14.3 Å². The Morgan fingerprint density at radius 1 is 0.629 bits per heavy atom. The monoisotopic (exact) mass is 485 g/mol. The van der Waals surface area contributed by atoms with Crippen molar-refractivity contribution in [3.05, 3.63) is 120 Å². The number of para-hydroxylation sites is 1. The maximum absolute atomic E-state index is 12.7. The SMILES string of the molecule is O=C(Cc1ccccc1)Nc1cccc(C(=O)Nc2ccc(S(=O)(=O)Nc3ccccc3)cc2)c1. The maximum atomic E-state index is 12.7. The van der Waals surface area contributed by atoms with Crippen molar-refractivity contribution < 1.29 is 18.0 Å². The lowest BCUT2D eigenvalue weighted by atomic mass is 10.1. The van der Waals surface area contributed by atoms with Gasteiger partial charge in [-0.15, -0.1) is 0 Å². The standard InChI is InChI=1S/C27H23N3O4S/c31-26(18-20-8-3-1-4-9-20)28-24-13-7-10-21(19-24)27(32)29-22-14-16-25(17-15-22)35(33,34)30-23-11-5-2-6-12-23/h1-17,19,30H,18H2,(H,28,31)(H,29,32). The van der Waals surface area contributed by atoms with Crippen LogP contribution >= 0.6 is 0 Å². The summed E-state index contributed by atoms with van der Waals surface area (Å²) in [6, 6.07) is 30.4. The predicted molar refractivity (Wildman–Crippen MR) is 137 cm³/mol. The number of carbonyl (C=O) groups is 2. The lowest BCUT2D eigenvalue weighted by Gasteiger charge is -2.10. The first-order chi connectivity index (χ1) is 16.9. The van der Waals surface area contributed by atoms with Crippen molar-refractivity contribution in [2.24, 2.45) is 0 Å². The summed E-state index contributed by atoms with van der Waals surface area (Å²) in [7, 11) is -3.75. The largest absolute Gasteiger partial charge is 0.326 e. The van der Waals surface area contributed by atoms with E-state index in [1.54, 1.807) is 54.6 Å². The molecule has 7 nitrogen and oxygen atoms in total. The lowest BCUT2D eigenvalue weighted by Crippen LogP contribution is -2.16. The predicted octanol–water partition coefficient (Wildman–Crippen LogP) is 4.92. The molecule has 176 valence electrons. The molecular formula is C27H23N3O4S. The summed E-state index contributed by atoms with van der Waals surface area (Å²) >= 11 is 0. The molecule has 0 aliphatic rings. The summed E-state index contributed by atoms with van der Waals surface area (Å²) in [6.07, 6.45) is 0.228. The van der Waals surface area contributed by atoms with E-state index in [4.69, 9.17) is 0 Å². The van der Waals surface area contributed by atoms with E-state index in [0.717, 1.165) is 5.56 Å². The average molecular weight is 486 g/mol. The van der Waals surface area contributed by atoms with Gasteiger partial charge in [0.05, 0.1) is 11.3 Å². The zero-order chi connectivity index (χ0) is 24.7. The summed E-state index contributed by atoms with van der Waals surface area (Å²) in [5.41, 5.74) is 2.65. The Balaban J connectivity index is 1.38. The molecule has 0 aliphatic carbocycles. The van der Waals surface area contributed by atoms with E-state index >= 15 is 0 Å². The molecule has 0 fully saturated rings. The normalized spacial score (nSPS) is 10.9. The van der Waals surface area contributed by atoms with Gasteiger partial charge in [-0.25, -0.2) is 8.42 Å². The van der Waals surface area contributed by atoms with Crippen molar-refractivity contribution in [1.82, 2.24) is 0 Å². The molecule has 4 aromatic carbocycles. The van der Waals surface area contributed by atoms with Gasteiger partial charge in [-0.1, -0.05) is 54.6 Å². The number of amides is 2. The third kappa shape index (κ3) is 6.55. The van der Waals surface area contributed by atoms with E-state index in [0.29, 0.717) is 22.6 Å². The van der Waals surface area contributed by atoms with Gasteiger partial charge in [0.2, 0.25) is 5.91 Å². The van der Waals surface area contributed by atoms with Crippen LogP contribution in [0.4, 0.5) is 17.1 Å². The first kappa shape index (κ1) is 23.7. The molecule has 0 radical (unpaired) electrons. The average Bonchev–Trinajstić information content (AvgIpc) is 2.85. The van der Waals surface area contributed by atoms with Crippen LogP contribution in [0, 0.1) is 0 Å². The molecule has 35 heavy (non-hydrogen) atoms. The van der Waals surface area contributed by atoms with Gasteiger partial charge in [-0.2, -0.15) is 0 Å². The minimum absolute atomic E-state index is 0.0717. The molecular weight excluding hydrogens is 462 g/mol. The molecule has 0 unspecified atom stereocenters. The Kier molecular flexibility index (Phi) is 7.23. The molecule has 0 spiro atoms. The molecule has 8 heteroatoms. The Morgan fingerprint density at radius 3 is 1.94 bits per heavy atom. The van der Waals surface area contributed by atoms with Crippen LogP contribution in [-0.2, 0) is 21.2 Å². The number of carbonyl (C=O) groups excluding carboxylic acids is 2. The van der Waals surface area contributed by atoms with Crippen molar-refractivity contribution in [3.63, 3.8) is 0 Å². The topological polar surface area (TPSA) is 104 Å². The molecule has 4 rings (SSSR count). The second-order valence-corrected chi connectivity index (χ2v) is 9.42. The molecule has 3 N–H and O–H groups in total. The number of benzene rings is 4. The Hall–Kier alpha value is -4.43. The minimum atomic E-state index is -3.75. The molecule has 0 aliphatic heterocycles. The van der Waals surface area contributed by atoms with Gasteiger partial charge in [0.25, 0.3) is 15.9 Å². The van der Waals surface area contributed by atoms with Crippen LogP contribution in [0.15, 0.2) is 114 Å². The number of rotatable bonds is 8. The second-order valence-electron chi connectivity index (χ2n) is 7.74. The molecule has 0 heterocycles. The summed E-state index contributed by atoms with van der Waals surface area (Å²) in [5.74, 6) is -0.572. The molecule has 2 amide bonds. The number of sulfonamides is 1. The molecule has 0 bridgehead atoms. The quantitative estimate of drug-likeness (QED) is 0.329. The first-order valence-corrected chi connectivity index (χ1v) is 12.3. The summed E-state index contributed by atoms with van der Waals surface area (Å²) in [4.78, 5) is 25.1. The fourth-order valence-corrected chi connectivity index (χ4v) is 4.42. The number of nitrogens with one attached hydrogen (secondary N) is 3. The summed E-state index contributed by atoms with van der Waals surface area (Å²) in [5, 5.41) is 5.54. The molecule has 0 atom stereocenters. The summed E-state index contributed by atoms with van der Waals surface area (Å²) in [6.45, 7) is 0. The van der Waals surface area contributed by atoms with Gasteiger partial charge in [-0.05, 0) is 60.2 Å². The highest BCUT2D eigenvalue weighted by atomic mass is 32.2. The Labute approximate surface area is 203 Å². The van der Waals surface area contributed by atoms with Gasteiger partial charge in [0.1, 0.15) is 0 Å². The van der Waals surface area contributed by atoms with Gasteiger partial charge < -0.3 is 10.6 Å². The highest BCUT2D eigenvalue weighted by Gasteiger charge is 2.15. The molecule has 0 saturated heterocycles. The zero-order valence-corrected chi connectivity index (χ0v) is 19.5. The van der Waals surface area contributed by atoms with E-state index in [1.165, 1.54) is 24.3 Å². The van der Waals surface area contributed by atoms with E-state index in [9.17, 15) is 18.0 Å². The highest BCUT2D eigenvalue weighted by molar-refractivity contribution is 7.92. The van der Waals surface area contributed by atoms with Crippen LogP contribution in [-0.4, -0.2) is 20.2 Å². The number of hydrogen-bond acceptors (Lipinski definition) is 4. The van der Waals surface area contributed by atoms with Crippen LogP contribution in [0.25, 0.3) is 0 Å². The second kappa shape index (κ2) is 10.7. The zero-order valence-electron chi connectivity index (χ0n) is 18.6. The van der Waals surface area contributed by atoms with Gasteiger partial charge in [0, 0.05) is 22.6 Å². The van der Waals surface area contributed by atoms with Crippen molar-refractivity contribution in [1.29, 1.82) is 0 Å². The van der Waals surface area contributed by atoms with Crippen LogP contribution in [0.1, 0.15) is 15.9 Å². The lowest BCUT2D eigenvalue weighted by molar-refractivity contribution is -0.115. The van der Waals surface area contributed by atoms with E-state index in [-0.39, 0.29) is 23.1 Å². The van der Waals surface area contributed by atoms with E-state index in [1.807, 2.05) is 30.3 Å². The van der Waals surface area contributed by atoms with Gasteiger partial charge >= 0.3 is 0 Å². The molecule has 0 saturated carbocycles. The number of anilines is 3. The minimum Gasteiger partial charge on any atom is -0.326 e. The smallest absolute Gasteiger partial charge is 0.261 e. The van der Waals surface area contributed by atoms with Crippen molar-refractivity contribution in [2.45, 2.75) is 11.3 Å². The third-order valence-corrected chi connectivity index (χ3v) is 6.46. The van der Waals surface area contributed by atoms with Crippen LogP contribution in [0.5, 0.6) is 0 Å². The van der Waals surface area contributed by atoms with E-state index < -0.39 is 10.0 Å². The van der Waals surface area contributed by atoms with Crippen LogP contribution < -0.4 is 15.4 Å². The Morgan fingerprint density at radius 2 is 1.26 bits per heavy atom. The van der Waals surface area contributed by atoms with Crippen molar-refractivity contribution in [2.75, 3.05) is 15.4 Å². The maximum Gasteiger partial charge on any atom is 0.261 e. The highest BCUT2D eigenvalue weighted by Crippen LogP contribution is 2.19. The van der Waals surface area contributed by atoms with Crippen LogP contribution in [0.2, 0.25) is 0 Å². The molecule has 4 aromatic rings. The third-order valence-electron chi connectivity index (χ3n) is 5.06. The van der Waals surface area contributed by atoms with Crippen molar-refractivity contribution in [3.8, 4) is 0 Å². The molecule has 0 aromatic heterocycles. The van der Waals surface area contributed by atoms with Gasteiger partial charge in [0.15, 0.2) is 0 Å². The fraction of sp³-hybridized carbons (Fsp3) is 0.0370. The Bertz CT molecular complexity index is 1420. The fourth-order valence-electron chi connectivity index (χ4n) is 3.37.